The number of rotatable bonds is 9. The molecular formula is C30H36N4O4. The lowest BCUT2D eigenvalue weighted by Gasteiger charge is -2.37. The largest absolute Gasteiger partial charge is 0.494 e. The van der Waals surface area contributed by atoms with Gasteiger partial charge in [0.25, 0.3) is 0 Å². The van der Waals surface area contributed by atoms with Crippen molar-refractivity contribution in [2.24, 2.45) is 13.0 Å². The quantitative estimate of drug-likeness (QED) is 0.389. The van der Waals surface area contributed by atoms with Gasteiger partial charge in [0, 0.05) is 19.0 Å². The molecule has 1 amide bonds. The van der Waals surface area contributed by atoms with Crippen LogP contribution < -0.4 is 10.1 Å². The third kappa shape index (κ3) is 5.59. The lowest BCUT2D eigenvalue weighted by atomic mass is 9.67. The van der Waals surface area contributed by atoms with Gasteiger partial charge in [-0.2, -0.15) is 0 Å². The van der Waals surface area contributed by atoms with Gasteiger partial charge in [-0.05, 0) is 92.2 Å². The van der Waals surface area contributed by atoms with Crippen molar-refractivity contribution in [3.05, 3.63) is 65.4 Å². The summed E-state index contributed by atoms with van der Waals surface area (Å²) in [6.07, 6.45) is 8.38. The minimum atomic E-state index is -0.663. The van der Waals surface area contributed by atoms with Gasteiger partial charge < -0.3 is 15.2 Å². The normalized spacial score (nSPS) is 21.2. The maximum atomic E-state index is 12.6. The first-order chi connectivity index (χ1) is 18.3. The molecule has 0 aliphatic heterocycles. The fourth-order valence-corrected chi connectivity index (χ4v) is 6.07. The Labute approximate surface area is 223 Å². The van der Waals surface area contributed by atoms with Crippen LogP contribution in [0.25, 0.3) is 11.3 Å². The number of aromatic nitrogens is 3. The maximum absolute atomic E-state index is 12.6. The van der Waals surface area contributed by atoms with Crippen LogP contribution in [0, 0.1) is 5.92 Å². The molecule has 2 aliphatic rings. The second-order valence-corrected chi connectivity index (χ2v) is 10.9. The Balaban J connectivity index is 1.10. The molecule has 1 fully saturated rings. The molecule has 0 radical (unpaired) electrons. The van der Waals surface area contributed by atoms with Gasteiger partial charge in [0.1, 0.15) is 11.4 Å². The number of hydrogen-bond donors (Lipinski definition) is 2. The third-order valence-corrected chi connectivity index (χ3v) is 8.30. The van der Waals surface area contributed by atoms with E-state index in [-0.39, 0.29) is 23.3 Å². The molecule has 1 heterocycles. The monoisotopic (exact) mass is 516 g/mol. The number of benzene rings is 2. The fraction of sp³-hybridized carbons (Fsp3) is 0.467. The highest BCUT2D eigenvalue weighted by Crippen LogP contribution is 2.50. The van der Waals surface area contributed by atoms with Gasteiger partial charge in [-0.15, -0.1) is 5.10 Å². The molecule has 8 heteroatoms. The summed E-state index contributed by atoms with van der Waals surface area (Å²) in [6, 6.07) is 14.2. The first kappa shape index (κ1) is 25.9. The van der Waals surface area contributed by atoms with Crippen LogP contribution in [-0.4, -0.2) is 38.6 Å². The van der Waals surface area contributed by atoms with E-state index >= 15 is 0 Å². The number of fused-ring (bicyclic) bond motifs is 2. The summed E-state index contributed by atoms with van der Waals surface area (Å²) in [5.41, 5.74) is 5.59. The van der Waals surface area contributed by atoms with Gasteiger partial charge in [0.05, 0.1) is 24.8 Å². The number of carboxylic acid groups (broad SMARTS) is 1. The zero-order chi connectivity index (χ0) is 26.7. The van der Waals surface area contributed by atoms with Crippen molar-refractivity contribution in [1.82, 2.24) is 20.3 Å². The van der Waals surface area contributed by atoms with E-state index in [4.69, 9.17) is 4.74 Å². The number of aryl methyl sites for hydroxylation is 2. The van der Waals surface area contributed by atoms with Gasteiger partial charge in [0.15, 0.2) is 0 Å². The number of carbonyl (C=O) groups is 2. The lowest BCUT2D eigenvalue weighted by molar-refractivity contribution is -0.143. The second kappa shape index (κ2) is 11.0. The molecule has 0 unspecified atom stereocenters. The molecular weight excluding hydrogens is 480 g/mol. The molecule has 1 aromatic heterocycles. The molecule has 3 aromatic rings. The van der Waals surface area contributed by atoms with Crippen LogP contribution in [0.3, 0.4) is 0 Å². The fourth-order valence-electron chi connectivity index (χ4n) is 6.07. The van der Waals surface area contributed by atoms with Crippen molar-refractivity contribution in [2.45, 2.75) is 69.7 Å². The predicted octanol–water partition coefficient (Wildman–Crippen LogP) is 4.98. The highest BCUT2D eigenvalue weighted by molar-refractivity contribution is 5.76. The standard InChI is InChI=1S/C30H36N4O4/c1-20(23-5-3-6-24(17-23)27-19-34(2)33-32-27)31-28(35)7-4-16-38-25-9-8-21-10-13-30(26(21)18-25)14-11-22(12-15-30)29(36)37/h3,5-6,8-9,17-20,22H,4,7,10-16H2,1-2H3,(H,31,35)(H,36,37)/t20-,22?,30?/m0/s1. The Morgan fingerprint density at radius 3 is 2.74 bits per heavy atom. The number of amides is 1. The molecule has 0 bridgehead atoms. The van der Waals surface area contributed by atoms with Crippen LogP contribution in [0.15, 0.2) is 48.7 Å². The molecule has 200 valence electrons. The van der Waals surface area contributed by atoms with Crippen LogP contribution in [0.2, 0.25) is 0 Å². The molecule has 8 nitrogen and oxygen atoms in total. The van der Waals surface area contributed by atoms with Gasteiger partial charge in [0.2, 0.25) is 5.91 Å². The average molecular weight is 517 g/mol. The number of ether oxygens (including phenoxy) is 1. The smallest absolute Gasteiger partial charge is 0.306 e. The molecule has 2 N–H and O–H groups in total. The zero-order valence-electron chi connectivity index (χ0n) is 22.2. The number of nitrogens with zero attached hydrogens (tertiary/aromatic N) is 3. The van der Waals surface area contributed by atoms with Crippen molar-refractivity contribution in [1.29, 1.82) is 0 Å². The van der Waals surface area contributed by atoms with E-state index in [2.05, 4.69) is 27.8 Å². The highest BCUT2D eigenvalue weighted by atomic mass is 16.5. The topological polar surface area (TPSA) is 106 Å². The van der Waals surface area contributed by atoms with Crippen molar-refractivity contribution in [3.8, 4) is 17.0 Å². The second-order valence-electron chi connectivity index (χ2n) is 10.9. The molecule has 0 saturated heterocycles. The number of aliphatic carboxylic acids is 1. The molecule has 38 heavy (non-hydrogen) atoms. The van der Waals surface area contributed by atoms with E-state index in [1.807, 2.05) is 50.5 Å². The van der Waals surface area contributed by atoms with E-state index in [0.717, 1.165) is 61.1 Å². The average Bonchev–Trinajstić information content (AvgIpc) is 3.51. The van der Waals surface area contributed by atoms with Crippen LogP contribution in [-0.2, 0) is 28.5 Å². The van der Waals surface area contributed by atoms with Crippen LogP contribution in [0.4, 0.5) is 0 Å². The van der Waals surface area contributed by atoms with Crippen molar-refractivity contribution in [3.63, 3.8) is 0 Å². The molecule has 2 aliphatic carbocycles. The number of hydrogen-bond acceptors (Lipinski definition) is 5. The zero-order valence-corrected chi connectivity index (χ0v) is 22.2. The first-order valence-corrected chi connectivity index (χ1v) is 13.6. The van der Waals surface area contributed by atoms with E-state index < -0.39 is 5.97 Å². The number of carboxylic acids is 1. The Bertz CT molecular complexity index is 1310. The summed E-state index contributed by atoms with van der Waals surface area (Å²) in [4.78, 5) is 24.0. The minimum Gasteiger partial charge on any atom is -0.494 e. The van der Waals surface area contributed by atoms with E-state index in [9.17, 15) is 14.7 Å². The van der Waals surface area contributed by atoms with E-state index in [1.54, 1.807) is 4.68 Å². The Morgan fingerprint density at radius 2 is 2.00 bits per heavy atom. The molecule has 2 aromatic carbocycles. The summed E-state index contributed by atoms with van der Waals surface area (Å²) in [6.45, 7) is 2.45. The summed E-state index contributed by atoms with van der Waals surface area (Å²) in [5, 5.41) is 20.6. The number of nitrogens with one attached hydrogen (secondary N) is 1. The van der Waals surface area contributed by atoms with Crippen molar-refractivity contribution in [2.75, 3.05) is 6.61 Å². The van der Waals surface area contributed by atoms with E-state index in [0.29, 0.717) is 19.4 Å². The van der Waals surface area contributed by atoms with Crippen LogP contribution in [0.5, 0.6) is 5.75 Å². The summed E-state index contributed by atoms with van der Waals surface area (Å²) in [7, 11) is 1.84. The third-order valence-electron chi connectivity index (χ3n) is 8.30. The summed E-state index contributed by atoms with van der Waals surface area (Å²) < 4.78 is 7.71. The van der Waals surface area contributed by atoms with Gasteiger partial charge in [-0.25, -0.2) is 0 Å². The highest BCUT2D eigenvalue weighted by Gasteiger charge is 2.43. The summed E-state index contributed by atoms with van der Waals surface area (Å²) >= 11 is 0. The van der Waals surface area contributed by atoms with Crippen molar-refractivity contribution < 1.29 is 19.4 Å². The van der Waals surface area contributed by atoms with Crippen LogP contribution in [0.1, 0.15) is 74.6 Å². The van der Waals surface area contributed by atoms with Gasteiger partial charge in [-0.3, -0.25) is 14.3 Å². The maximum Gasteiger partial charge on any atom is 0.306 e. The summed E-state index contributed by atoms with van der Waals surface area (Å²) in [5.74, 6) is -0.0432. The minimum absolute atomic E-state index is 0.00546. The van der Waals surface area contributed by atoms with Gasteiger partial charge in [-0.1, -0.05) is 29.5 Å². The lowest BCUT2D eigenvalue weighted by Crippen LogP contribution is -2.32. The Kier molecular flexibility index (Phi) is 7.49. The SMILES string of the molecule is C[C@H](NC(=O)CCCOc1ccc2c(c1)C1(CC2)CCC(C(=O)O)CC1)c1cccc(-c2cn(C)nn2)c1. The van der Waals surface area contributed by atoms with Crippen LogP contribution >= 0.6 is 0 Å². The van der Waals surface area contributed by atoms with Crippen molar-refractivity contribution >= 4 is 11.9 Å². The van der Waals surface area contributed by atoms with E-state index in [1.165, 1.54) is 11.1 Å². The molecule has 1 saturated carbocycles. The molecule has 1 atom stereocenters. The van der Waals surface area contributed by atoms with Gasteiger partial charge >= 0.3 is 5.97 Å². The number of carbonyl (C=O) groups excluding carboxylic acids is 1. The molecule has 5 rings (SSSR count). The first-order valence-electron chi connectivity index (χ1n) is 13.6. The Morgan fingerprint density at radius 1 is 1.18 bits per heavy atom. The Hall–Kier alpha value is -3.68. The molecule has 1 spiro atoms. The predicted molar refractivity (Wildman–Crippen MR) is 144 cm³/mol.